The fourth-order valence-corrected chi connectivity index (χ4v) is 2.93. The molecule has 1 fully saturated rings. The number of rotatable bonds is 2. The number of alkyl halides is 3. The van der Waals surface area contributed by atoms with Crippen LogP contribution in [0.3, 0.4) is 0 Å². The summed E-state index contributed by atoms with van der Waals surface area (Å²) in [5.74, 6) is 1.61. The van der Waals surface area contributed by atoms with Crippen LogP contribution in [-0.4, -0.2) is 4.98 Å². The largest absolute Gasteiger partial charge is 0.417 e. The van der Waals surface area contributed by atoms with Crippen LogP contribution in [0.4, 0.5) is 13.2 Å². The Bertz CT molecular complexity index is 441. The summed E-state index contributed by atoms with van der Waals surface area (Å²) in [4.78, 5) is 3.92. The molecule has 2 nitrogen and oxygen atoms in total. The standard InChI is InChI=1S/C15H21F3N2/c1-9-3-4-11(7-10(9)2)14(19)13-6-5-12(8-20-13)15(16,17)18/h5-6,8-11,14H,3-4,7,19H2,1-2H3. The Morgan fingerprint density at radius 2 is 1.90 bits per heavy atom. The molecule has 1 aromatic heterocycles. The monoisotopic (exact) mass is 286 g/mol. The predicted molar refractivity (Wildman–Crippen MR) is 71.8 cm³/mol. The minimum atomic E-state index is -4.34. The zero-order valence-electron chi connectivity index (χ0n) is 11.8. The normalized spacial score (nSPS) is 29.2. The third kappa shape index (κ3) is 3.32. The number of nitrogens with zero attached hydrogens (tertiary/aromatic N) is 1. The summed E-state index contributed by atoms with van der Waals surface area (Å²) in [6.07, 6.45) is -0.297. The van der Waals surface area contributed by atoms with Crippen molar-refractivity contribution >= 4 is 0 Å². The van der Waals surface area contributed by atoms with Crippen molar-refractivity contribution in [3.05, 3.63) is 29.6 Å². The van der Waals surface area contributed by atoms with E-state index < -0.39 is 11.7 Å². The SMILES string of the molecule is CC1CCC(C(N)c2ccc(C(F)(F)F)cn2)CC1C. The van der Waals surface area contributed by atoms with Gasteiger partial charge in [-0.2, -0.15) is 13.2 Å². The zero-order valence-corrected chi connectivity index (χ0v) is 11.8. The van der Waals surface area contributed by atoms with Gasteiger partial charge in [-0.05, 0) is 42.7 Å². The highest BCUT2D eigenvalue weighted by Gasteiger charge is 2.32. The van der Waals surface area contributed by atoms with Crippen LogP contribution >= 0.6 is 0 Å². The van der Waals surface area contributed by atoms with E-state index in [-0.39, 0.29) is 6.04 Å². The predicted octanol–water partition coefficient (Wildman–Crippen LogP) is 4.17. The highest BCUT2D eigenvalue weighted by molar-refractivity contribution is 5.19. The molecule has 0 aromatic carbocycles. The van der Waals surface area contributed by atoms with Crippen LogP contribution in [0.1, 0.15) is 50.4 Å². The molecule has 1 heterocycles. The smallest absolute Gasteiger partial charge is 0.322 e. The van der Waals surface area contributed by atoms with Gasteiger partial charge in [0.2, 0.25) is 0 Å². The van der Waals surface area contributed by atoms with Gasteiger partial charge in [0.1, 0.15) is 0 Å². The fraction of sp³-hybridized carbons (Fsp3) is 0.667. The Hall–Kier alpha value is -1.10. The van der Waals surface area contributed by atoms with E-state index in [0.29, 0.717) is 23.4 Å². The summed E-state index contributed by atoms with van der Waals surface area (Å²) < 4.78 is 37.5. The van der Waals surface area contributed by atoms with Gasteiger partial charge in [-0.25, -0.2) is 0 Å². The fourth-order valence-electron chi connectivity index (χ4n) is 2.93. The molecule has 0 amide bonds. The lowest BCUT2D eigenvalue weighted by atomic mass is 9.73. The molecule has 2 rings (SSSR count). The van der Waals surface area contributed by atoms with E-state index in [0.717, 1.165) is 31.5 Å². The molecule has 0 aliphatic heterocycles. The number of pyridine rings is 1. The lowest BCUT2D eigenvalue weighted by Gasteiger charge is -2.35. The summed E-state index contributed by atoms with van der Waals surface area (Å²) in [6, 6.07) is 2.21. The Kier molecular flexibility index (Phi) is 4.37. The molecule has 1 aliphatic carbocycles. The highest BCUT2D eigenvalue weighted by Crippen LogP contribution is 2.38. The van der Waals surface area contributed by atoms with Crippen molar-refractivity contribution in [1.82, 2.24) is 4.98 Å². The Balaban J connectivity index is 2.08. The molecule has 1 saturated carbocycles. The average molecular weight is 286 g/mol. The van der Waals surface area contributed by atoms with Crippen LogP contribution in [0.5, 0.6) is 0 Å². The molecule has 20 heavy (non-hydrogen) atoms. The molecule has 2 N–H and O–H groups in total. The number of hydrogen-bond donors (Lipinski definition) is 1. The molecule has 4 unspecified atom stereocenters. The van der Waals surface area contributed by atoms with Crippen molar-refractivity contribution in [2.45, 2.75) is 45.3 Å². The maximum atomic E-state index is 12.5. The maximum absolute atomic E-state index is 12.5. The van der Waals surface area contributed by atoms with Crippen molar-refractivity contribution in [3.63, 3.8) is 0 Å². The molecule has 0 bridgehead atoms. The van der Waals surface area contributed by atoms with Crippen molar-refractivity contribution in [1.29, 1.82) is 0 Å². The summed E-state index contributed by atoms with van der Waals surface area (Å²) in [6.45, 7) is 4.45. The molecular formula is C15H21F3N2. The van der Waals surface area contributed by atoms with E-state index in [1.54, 1.807) is 0 Å². The van der Waals surface area contributed by atoms with Crippen LogP contribution in [0.2, 0.25) is 0 Å². The van der Waals surface area contributed by atoms with E-state index >= 15 is 0 Å². The maximum Gasteiger partial charge on any atom is 0.417 e. The van der Waals surface area contributed by atoms with Gasteiger partial charge in [0, 0.05) is 12.2 Å². The minimum Gasteiger partial charge on any atom is -0.322 e. The number of aromatic nitrogens is 1. The molecule has 1 aromatic rings. The Morgan fingerprint density at radius 3 is 2.40 bits per heavy atom. The number of halogens is 3. The molecule has 0 spiro atoms. The molecule has 5 heteroatoms. The first-order chi connectivity index (χ1) is 9.29. The minimum absolute atomic E-state index is 0.271. The quantitative estimate of drug-likeness (QED) is 0.886. The van der Waals surface area contributed by atoms with Crippen LogP contribution in [-0.2, 0) is 6.18 Å². The zero-order chi connectivity index (χ0) is 14.9. The van der Waals surface area contributed by atoms with Crippen LogP contribution in [0, 0.1) is 17.8 Å². The van der Waals surface area contributed by atoms with Gasteiger partial charge < -0.3 is 5.73 Å². The van der Waals surface area contributed by atoms with Gasteiger partial charge in [-0.3, -0.25) is 4.98 Å². The van der Waals surface area contributed by atoms with E-state index in [1.807, 2.05) is 0 Å². The van der Waals surface area contributed by atoms with Crippen LogP contribution in [0.25, 0.3) is 0 Å². The van der Waals surface area contributed by atoms with E-state index in [4.69, 9.17) is 5.73 Å². The van der Waals surface area contributed by atoms with Gasteiger partial charge in [0.15, 0.2) is 0 Å². The first-order valence-corrected chi connectivity index (χ1v) is 7.07. The lowest BCUT2D eigenvalue weighted by molar-refractivity contribution is -0.137. The van der Waals surface area contributed by atoms with Gasteiger partial charge >= 0.3 is 6.18 Å². The van der Waals surface area contributed by atoms with E-state index in [9.17, 15) is 13.2 Å². The summed E-state index contributed by atoms with van der Waals surface area (Å²) in [5, 5.41) is 0. The molecule has 4 atom stereocenters. The summed E-state index contributed by atoms with van der Waals surface area (Å²) >= 11 is 0. The molecule has 0 radical (unpaired) electrons. The average Bonchev–Trinajstić information content (AvgIpc) is 2.40. The van der Waals surface area contributed by atoms with Crippen LogP contribution in [0.15, 0.2) is 18.3 Å². The summed E-state index contributed by atoms with van der Waals surface area (Å²) in [7, 11) is 0. The van der Waals surface area contributed by atoms with Crippen molar-refractivity contribution in [2.75, 3.05) is 0 Å². The van der Waals surface area contributed by atoms with E-state index in [1.165, 1.54) is 6.07 Å². The van der Waals surface area contributed by atoms with Crippen molar-refractivity contribution in [2.24, 2.45) is 23.5 Å². The lowest BCUT2D eigenvalue weighted by Crippen LogP contribution is -2.30. The first kappa shape index (κ1) is 15.3. The third-order valence-corrected chi connectivity index (χ3v) is 4.60. The topological polar surface area (TPSA) is 38.9 Å². The second-order valence-electron chi connectivity index (χ2n) is 6.02. The summed E-state index contributed by atoms with van der Waals surface area (Å²) in [5.41, 5.74) is 6.03. The van der Waals surface area contributed by atoms with Crippen LogP contribution < -0.4 is 5.73 Å². The van der Waals surface area contributed by atoms with Gasteiger partial charge in [0.25, 0.3) is 0 Å². The number of nitrogens with two attached hydrogens (primary N) is 1. The van der Waals surface area contributed by atoms with E-state index in [2.05, 4.69) is 18.8 Å². The second-order valence-corrected chi connectivity index (χ2v) is 6.02. The highest BCUT2D eigenvalue weighted by atomic mass is 19.4. The molecular weight excluding hydrogens is 265 g/mol. The van der Waals surface area contributed by atoms with Gasteiger partial charge in [-0.15, -0.1) is 0 Å². The first-order valence-electron chi connectivity index (χ1n) is 7.07. The second kappa shape index (κ2) is 5.72. The molecule has 112 valence electrons. The van der Waals surface area contributed by atoms with Crippen molar-refractivity contribution in [3.8, 4) is 0 Å². The molecule has 1 aliphatic rings. The number of hydrogen-bond acceptors (Lipinski definition) is 2. The molecule has 0 saturated heterocycles. The Labute approximate surface area is 117 Å². The van der Waals surface area contributed by atoms with Gasteiger partial charge in [-0.1, -0.05) is 20.3 Å². The third-order valence-electron chi connectivity index (χ3n) is 4.60. The van der Waals surface area contributed by atoms with Gasteiger partial charge in [0.05, 0.1) is 11.3 Å². The van der Waals surface area contributed by atoms with Crippen molar-refractivity contribution < 1.29 is 13.2 Å². The Morgan fingerprint density at radius 1 is 1.20 bits per heavy atom.